The smallest absolute Gasteiger partial charge is 0.137 e. The molecule has 1 atom stereocenters. The number of hydrogen-bond donors (Lipinski definition) is 0. The van der Waals surface area contributed by atoms with Crippen molar-refractivity contribution in [2.75, 3.05) is 7.11 Å². The van der Waals surface area contributed by atoms with Crippen molar-refractivity contribution in [2.45, 2.75) is 18.7 Å². The first-order chi connectivity index (χ1) is 9.15. The van der Waals surface area contributed by atoms with Crippen molar-refractivity contribution >= 4 is 23.2 Å². The SMILES string of the molecule is CCc1ccc(C(Cl)c2ccc(OC)c(Cl)c2)cc1. The minimum Gasteiger partial charge on any atom is -0.495 e. The summed E-state index contributed by atoms with van der Waals surface area (Å²) in [7, 11) is 1.60. The van der Waals surface area contributed by atoms with Crippen molar-refractivity contribution in [3.63, 3.8) is 0 Å². The van der Waals surface area contributed by atoms with E-state index in [1.54, 1.807) is 7.11 Å². The van der Waals surface area contributed by atoms with Gasteiger partial charge in [-0.2, -0.15) is 0 Å². The van der Waals surface area contributed by atoms with Crippen LogP contribution in [0.3, 0.4) is 0 Å². The van der Waals surface area contributed by atoms with Crippen LogP contribution in [0.4, 0.5) is 0 Å². The Morgan fingerprint density at radius 2 is 1.68 bits per heavy atom. The van der Waals surface area contributed by atoms with Crippen molar-refractivity contribution in [3.8, 4) is 5.75 Å². The van der Waals surface area contributed by atoms with Gasteiger partial charge < -0.3 is 4.74 Å². The Morgan fingerprint density at radius 3 is 2.21 bits per heavy atom. The minimum absolute atomic E-state index is 0.200. The van der Waals surface area contributed by atoms with Gasteiger partial charge in [0.1, 0.15) is 5.75 Å². The molecule has 0 amide bonds. The normalized spacial score (nSPS) is 12.2. The monoisotopic (exact) mass is 294 g/mol. The quantitative estimate of drug-likeness (QED) is 0.701. The molecule has 2 aromatic carbocycles. The van der Waals surface area contributed by atoms with E-state index in [0.29, 0.717) is 10.8 Å². The van der Waals surface area contributed by atoms with E-state index in [9.17, 15) is 0 Å². The van der Waals surface area contributed by atoms with Gasteiger partial charge in [-0.15, -0.1) is 11.6 Å². The molecule has 0 N–H and O–H groups in total. The highest BCUT2D eigenvalue weighted by Gasteiger charge is 2.12. The molecule has 0 aromatic heterocycles. The predicted molar refractivity (Wildman–Crippen MR) is 81.5 cm³/mol. The molecule has 0 heterocycles. The van der Waals surface area contributed by atoms with Gasteiger partial charge in [-0.25, -0.2) is 0 Å². The molecule has 0 aliphatic carbocycles. The zero-order valence-corrected chi connectivity index (χ0v) is 12.5. The first-order valence-corrected chi connectivity index (χ1v) is 7.03. The minimum atomic E-state index is -0.200. The molecular weight excluding hydrogens is 279 g/mol. The Labute approximate surface area is 124 Å². The topological polar surface area (TPSA) is 9.23 Å². The van der Waals surface area contributed by atoms with Crippen LogP contribution in [0.15, 0.2) is 42.5 Å². The van der Waals surface area contributed by atoms with E-state index in [4.69, 9.17) is 27.9 Å². The largest absolute Gasteiger partial charge is 0.495 e. The highest BCUT2D eigenvalue weighted by Crippen LogP contribution is 2.33. The second-order valence-electron chi connectivity index (χ2n) is 4.35. The molecule has 0 radical (unpaired) electrons. The highest BCUT2D eigenvalue weighted by atomic mass is 35.5. The average molecular weight is 295 g/mol. The number of benzene rings is 2. The molecule has 0 spiro atoms. The fourth-order valence-corrected chi connectivity index (χ4v) is 2.50. The van der Waals surface area contributed by atoms with Gasteiger partial charge in [0.05, 0.1) is 17.5 Å². The molecule has 100 valence electrons. The lowest BCUT2D eigenvalue weighted by Crippen LogP contribution is -1.95. The molecule has 2 aromatic rings. The Balaban J connectivity index is 2.27. The summed E-state index contributed by atoms with van der Waals surface area (Å²) in [6.45, 7) is 2.14. The van der Waals surface area contributed by atoms with Gasteiger partial charge in [-0.1, -0.05) is 48.9 Å². The van der Waals surface area contributed by atoms with Crippen molar-refractivity contribution < 1.29 is 4.74 Å². The Kier molecular flexibility index (Phi) is 4.73. The summed E-state index contributed by atoms with van der Waals surface area (Å²) < 4.78 is 5.14. The second kappa shape index (κ2) is 6.31. The van der Waals surface area contributed by atoms with Crippen LogP contribution < -0.4 is 4.74 Å². The maximum atomic E-state index is 6.50. The number of alkyl halides is 1. The Bertz CT molecular complexity index is 549. The van der Waals surface area contributed by atoms with Gasteiger partial charge in [0.25, 0.3) is 0 Å². The molecule has 0 saturated carbocycles. The molecule has 1 nitrogen and oxygen atoms in total. The first-order valence-electron chi connectivity index (χ1n) is 6.22. The van der Waals surface area contributed by atoms with E-state index < -0.39 is 0 Å². The summed E-state index contributed by atoms with van der Waals surface area (Å²) in [6, 6.07) is 14.0. The maximum Gasteiger partial charge on any atom is 0.137 e. The fraction of sp³-hybridized carbons (Fsp3) is 0.250. The molecule has 0 bridgehead atoms. The van der Waals surface area contributed by atoms with Gasteiger partial charge >= 0.3 is 0 Å². The van der Waals surface area contributed by atoms with E-state index in [2.05, 4.69) is 31.2 Å². The van der Waals surface area contributed by atoms with Crippen LogP contribution >= 0.6 is 23.2 Å². The van der Waals surface area contributed by atoms with Crippen molar-refractivity contribution in [1.82, 2.24) is 0 Å². The average Bonchev–Trinajstić information content (AvgIpc) is 2.46. The van der Waals surface area contributed by atoms with Gasteiger partial charge in [-0.3, -0.25) is 0 Å². The lowest BCUT2D eigenvalue weighted by atomic mass is 10.0. The van der Waals surface area contributed by atoms with E-state index in [0.717, 1.165) is 17.5 Å². The summed E-state index contributed by atoms with van der Waals surface area (Å²) in [5, 5.41) is 0.380. The molecular formula is C16H16Cl2O. The predicted octanol–water partition coefficient (Wildman–Crippen LogP) is 5.24. The van der Waals surface area contributed by atoms with Gasteiger partial charge in [-0.05, 0) is 35.2 Å². The second-order valence-corrected chi connectivity index (χ2v) is 5.20. The van der Waals surface area contributed by atoms with Crippen molar-refractivity contribution in [3.05, 3.63) is 64.2 Å². The van der Waals surface area contributed by atoms with Crippen LogP contribution in [0, 0.1) is 0 Å². The number of ether oxygens (including phenoxy) is 1. The number of methoxy groups -OCH3 is 1. The molecule has 0 fully saturated rings. The zero-order chi connectivity index (χ0) is 13.8. The third-order valence-corrected chi connectivity index (χ3v) is 3.95. The van der Waals surface area contributed by atoms with Gasteiger partial charge in [0, 0.05) is 0 Å². The van der Waals surface area contributed by atoms with Crippen LogP contribution in [0.2, 0.25) is 5.02 Å². The lowest BCUT2D eigenvalue weighted by molar-refractivity contribution is 0.415. The molecule has 19 heavy (non-hydrogen) atoms. The van der Waals surface area contributed by atoms with E-state index in [1.165, 1.54) is 5.56 Å². The first kappa shape index (κ1) is 14.2. The van der Waals surface area contributed by atoms with Crippen LogP contribution in [0.5, 0.6) is 5.75 Å². The fourth-order valence-electron chi connectivity index (χ4n) is 1.96. The molecule has 0 aliphatic heterocycles. The van der Waals surface area contributed by atoms with E-state index in [1.807, 2.05) is 18.2 Å². The third kappa shape index (κ3) is 3.23. The summed E-state index contributed by atoms with van der Waals surface area (Å²) in [6.07, 6.45) is 1.03. The maximum absolute atomic E-state index is 6.50. The van der Waals surface area contributed by atoms with Crippen LogP contribution in [0.1, 0.15) is 29.0 Å². The molecule has 0 saturated heterocycles. The van der Waals surface area contributed by atoms with Gasteiger partial charge in [0.2, 0.25) is 0 Å². The van der Waals surface area contributed by atoms with Crippen molar-refractivity contribution in [1.29, 1.82) is 0 Å². The Morgan fingerprint density at radius 1 is 1.05 bits per heavy atom. The van der Waals surface area contributed by atoms with Gasteiger partial charge in [0.15, 0.2) is 0 Å². The molecule has 0 aliphatic rings. The van der Waals surface area contributed by atoms with Crippen LogP contribution in [0.25, 0.3) is 0 Å². The Hall–Kier alpha value is -1.18. The number of rotatable bonds is 4. The van der Waals surface area contributed by atoms with Crippen molar-refractivity contribution in [2.24, 2.45) is 0 Å². The number of aryl methyl sites for hydroxylation is 1. The summed E-state index contributed by atoms with van der Waals surface area (Å²) in [4.78, 5) is 0. The number of halogens is 2. The van der Waals surface area contributed by atoms with Crippen LogP contribution in [-0.2, 0) is 6.42 Å². The molecule has 1 unspecified atom stereocenters. The van der Waals surface area contributed by atoms with Crippen LogP contribution in [-0.4, -0.2) is 7.11 Å². The molecule has 2 rings (SSSR count). The number of hydrogen-bond acceptors (Lipinski definition) is 1. The molecule has 3 heteroatoms. The summed E-state index contributed by atoms with van der Waals surface area (Å²) >= 11 is 12.6. The van der Waals surface area contributed by atoms with E-state index >= 15 is 0 Å². The zero-order valence-electron chi connectivity index (χ0n) is 11.0. The third-order valence-electron chi connectivity index (χ3n) is 3.15. The summed E-state index contributed by atoms with van der Waals surface area (Å²) in [5.74, 6) is 0.663. The van der Waals surface area contributed by atoms with E-state index in [-0.39, 0.29) is 5.38 Å². The lowest BCUT2D eigenvalue weighted by Gasteiger charge is -2.12. The standard InChI is InChI=1S/C16H16Cl2O/c1-3-11-4-6-12(7-5-11)16(18)13-8-9-15(19-2)14(17)10-13/h4-10,16H,3H2,1-2H3. The summed E-state index contributed by atoms with van der Waals surface area (Å²) in [5.41, 5.74) is 3.34. The highest BCUT2D eigenvalue weighted by molar-refractivity contribution is 6.32.